The summed E-state index contributed by atoms with van der Waals surface area (Å²) in [7, 11) is 1.58. The van der Waals surface area contributed by atoms with Crippen molar-refractivity contribution >= 4 is 23.5 Å². The number of hydrogen-bond donors (Lipinski definition) is 2. The molecular weight excluding hydrogens is 368 g/mol. The Morgan fingerprint density at radius 1 is 0.966 bits per heavy atom. The summed E-state index contributed by atoms with van der Waals surface area (Å²) >= 11 is 0. The summed E-state index contributed by atoms with van der Waals surface area (Å²) in [4.78, 5) is 24.9. The summed E-state index contributed by atoms with van der Waals surface area (Å²) in [6, 6.07) is 20.2. The zero-order valence-corrected chi connectivity index (χ0v) is 16.1. The van der Waals surface area contributed by atoms with Crippen molar-refractivity contribution in [2.75, 3.05) is 13.7 Å². The summed E-state index contributed by atoms with van der Waals surface area (Å²) in [6.45, 7) is 0.125. The largest absolute Gasteiger partial charge is 0.496 e. The number of nitrogens with one attached hydrogen (secondary N) is 2. The molecule has 0 saturated carbocycles. The number of methoxy groups -OCH3 is 1. The Morgan fingerprint density at radius 2 is 1.72 bits per heavy atom. The minimum absolute atomic E-state index is 0.143. The summed E-state index contributed by atoms with van der Waals surface area (Å²) < 4.78 is 10.5. The maximum Gasteiger partial charge on any atom is 0.252 e. The van der Waals surface area contributed by atoms with Crippen LogP contribution in [-0.2, 0) is 16.1 Å². The molecule has 29 heavy (non-hydrogen) atoms. The first-order valence-corrected chi connectivity index (χ1v) is 9.15. The second kappa shape index (κ2) is 9.94. The van der Waals surface area contributed by atoms with Crippen molar-refractivity contribution in [1.29, 1.82) is 0 Å². The minimum Gasteiger partial charge on any atom is -0.496 e. The number of hydrogen-bond acceptors (Lipinski definition) is 4. The SMILES string of the molecule is COc1ccccc1/C=C(/C(=O)NCC(=O)NCc1ccco1)c1ccccc1. The number of carbonyl (C=O) groups excluding carboxylic acids is 2. The van der Waals surface area contributed by atoms with Gasteiger partial charge in [0, 0.05) is 11.1 Å². The van der Waals surface area contributed by atoms with Crippen molar-refractivity contribution in [2.45, 2.75) is 6.54 Å². The van der Waals surface area contributed by atoms with Gasteiger partial charge in [-0.15, -0.1) is 0 Å². The average Bonchev–Trinajstić information content (AvgIpc) is 3.29. The van der Waals surface area contributed by atoms with E-state index in [2.05, 4.69) is 10.6 Å². The molecule has 0 aliphatic rings. The van der Waals surface area contributed by atoms with Gasteiger partial charge in [0.1, 0.15) is 11.5 Å². The van der Waals surface area contributed by atoms with Gasteiger partial charge in [0.15, 0.2) is 0 Å². The Hall–Kier alpha value is -3.80. The van der Waals surface area contributed by atoms with Crippen LogP contribution in [0, 0.1) is 0 Å². The molecule has 0 aliphatic carbocycles. The average molecular weight is 390 g/mol. The number of furan rings is 1. The molecule has 6 nitrogen and oxygen atoms in total. The van der Waals surface area contributed by atoms with E-state index < -0.39 is 0 Å². The lowest BCUT2D eigenvalue weighted by Crippen LogP contribution is -2.36. The van der Waals surface area contributed by atoms with E-state index >= 15 is 0 Å². The van der Waals surface area contributed by atoms with E-state index in [1.54, 1.807) is 25.3 Å². The predicted molar refractivity (Wildman–Crippen MR) is 111 cm³/mol. The molecule has 3 aromatic rings. The fraction of sp³-hybridized carbons (Fsp3) is 0.130. The Morgan fingerprint density at radius 3 is 2.45 bits per heavy atom. The van der Waals surface area contributed by atoms with Crippen LogP contribution in [0.2, 0.25) is 0 Å². The first-order chi connectivity index (χ1) is 14.2. The molecule has 0 radical (unpaired) electrons. The topological polar surface area (TPSA) is 80.6 Å². The maximum absolute atomic E-state index is 12.9. The molecule has 2 amide bonds. The van der Waals surface area contributed by atoms with E-state index in [0.717, 1.165) is 11.1 Å². The number of benzene rings is 2. The molecule has 2 N–H and O–H groups in total. The summed E-state index contributed by atoms with van der Waals surface area (Å²) in [6.07, 6.45) is 3.29. The number of carbonyl (C=O) groups is 2. The van der Waals surface area contributed by atoms with Gasteiger partial charge in [0.25, 0.3) is 5.91 Å². The number of amides is 2. The Balaban J connectivity index is 1.73. The lowest BCUT2D eigenvalue weighted by Gasteiger charge is -2.11. The van der Waals surface area contributed by atoms with Crippen LogP contribution in [0.25, 0.3) is 11.6 Å². The third-order valence-electron chi connectivity index (χ3n) is 4.22. The van der Waals surface area contributed by atoms with E-state index in [4.69, 9.17) is 9.15 Å². The molecule has 2 aromatic carbocycles. The molecule has 0 bridgehead atoms. The van der Waals surface area contributed by atoms with E-state index in [-0.39, 0.29) is 24.9 Å². The second-order valence-electron chi connectivity index (χ2n) is 6.20. The van der Waals surface area contributed by atoms with E-state index in [0.29, 0.717) is 17.1 Å². The van der Waals surface area contributed by atoms with E-state index in [1.807, 2.05) is 54.6 Å². The van der Waals surface area contributed by atoms with Gasteiger partial charge < -0.3 is 19.8 Å². The molecule has 6 heteroatoms. The van der Waals surface area contributed by atoms with Crippen LogP contribution in [-0.4, -0.2) is 25.5 Å². The highest BCUT2D eigenvalue weighted by molar-refractivity contribution is 6.24. The van der Waals surface area contributed by atoms with Crippen LogP contribution in [0.1, 0.15) is 16.9 Å². The number of ether oxygens (including phenoxy) is 1. The van der Waals surface area contributed by atoms with Crippen molar-refractivity contribution in [1.82, 2.24) is 10.6 Å². The van der Waals surface area contributed by atoms with Crippen LogP contribution >= 0.6 is 0 Å². The molecule has 0 spiro atoms. The van der Waals surface area contributed by atoms with Gasteiger partial charge >= 0.3 is 0 Å². The predicted octanol–water partition coefficient (Wildman–Crippen LogP) is 3.26. The van der Waals surface area contributed by atoms with Crippen molar-refractivity contribution in [3.05, 3.63) is 89.9 Å². The normalized spacial score (nSPS) is 11.0. The monoisotopic (exact) mass is 390 g/mol. The van der Waals surface area contributed by atoms with Gasteiger partial charge in [-0.25, -0.2) is 0 Å². The highest BCUT2D eigenvalue weighted by Crippen LogP contribution is 2.24. The van der Waals surface area contributed by atoms with Crippen molar-refractivity contribution in [3.8, 4) is 5.75 Å². The maximum atomic E-state index is 12.9. The summed E-state index contributed by atoms with van der Waals surface area (Å²) in [5.74, 6) is 0.644. The molecule has 148 valence electrons. The van der Waals surface area contributed by atoms with Crippen molar-refractivity contribution in [3.63, 3.8) is 0 Å². The van der Waals surface area contributed by atoms with Gasteiger partial charge in [0.2, 0.25) is 5.91 Å². The highest BCUT2D eigenvalue weighted by Gasteiger charge is 2.14. The van der Waals surface area contributed by atoms with Crippen LogP contribution < -0.4 is 15.4 Å². The smallest absolute Gasteiger partial charge is 0.252 e. The fourth-order valence-corrected chi connectivity index (χ4v) is 2.76. The third-order valence-corrected chi connectivity index (χ3v) is 4.22. The lowest BCUT2D eigenvalue weighted by molar-refractivity contribution is -0.123. The Kier molecular flexibility index (Phi) is 6.84. The number of rotatable bonds is 8. The molecule has 0 fully saturated rings. The van der Waals surface area contributed by atoms with Crippen LogP contribution in [0.3, 0.4) is 0 Å². The fourth-order valence-electron chi connectivity index (χ4n) is 2.76. The molecule has 0 unspecified atom stereocenters. The minimum atomic E-state index is -0.352. The Bertz CT molecular complexity index is 979. The molecule has 1 aromatic heterocycles. The quantitative estimate of drug-likeness (QED) is 0.457. The van der Waals surface area contributed by atoms with Crippen LogP contribution in [0.4, 0.5) is 0 Å². The zero-order valence-electron chi connectivity index (χ0n) is 16.1. The first kappa shape index (κ1) is 19.9. The molecule has 0 saturated heterocycles. The van der Waals surface area contributed by atoms with E-state index in [1.165, 1.54) is 6.26 Å². The standard InChI is InChI=1S/C23H22N2O4/c1-28-21-12-6-5-10-18(21)14-20(17-8-3-2-4-9-17)23(27)25-16-22(26)24-15-19-11-7-13-29-19/h2-14H,15-16H2,1H3,(H,24,26)(H,25,27)/b20-14+. The zero-order chi connectivity index (χ0) is 20.5. The van der Waals surface area contributed by atoms with Gasteiger partial charge in [-0.2, -0.15) is 0 Å². The molecule has 3 rings (SSSR count). The van der Waals surface area contributed by atoms with Crippen molar-refractivity contribution in [2.24, 2.45) is 0 Å². The van der Waals surface area contributed by atoms with Gasteiger partial charge in [-0.3, -0.25) is 9.59 Å². The summed E-state index contributed by atoms with van der Waals surface area (Å²) in [5, 5.41) is 5.38. The second-order valence-corrected chi connectivity index (χ2v) is 6.20. The molecule has 0 atom stereocenters. The molecule has 1 heterocycles. The van der Waals surface area contributed by atoms with Crippen LogP contribution in [0.15, 0.2) is 77.4 Å². The summed E-state index contributed by atoms with van der Waals surface area (Å²) in [5.41, 5.74) is 1.95. The lowest BCUT2D eigenvalue weighted by atomic mass is 10.0. The Labute approximate surface area is 169 Å². The first-order valence-electron chi connectivity index (χ1n) is 9.15. The van der Waals surface area contributed by atoms with Crippen LogP contribution in [0.5, 0.6) is 5.75 Å². The van der Waals surface area contributed by atoms with Gasteiger partial charge in [0.05, 0.1) is 26.5 Å². The van der Waals surface area contributed by atoms with Gasteiger partial charge in [-0.05, 0) is 29.8 Å². The van der Waals surface area contributed by atoms with E-state index in [9.17, 15) is 9.59 Å². The van der Waals surface area contributed by atoms with Gasteiger partial charge in [-0.1, -0.05) is 48.5 Å². The molecule has 0 aliphatic heterocycles. The number of para-hydroxylation sites is 1. The van der Waals surface area contributed by atoms with Crippen molar-refractivity contribution < 1.29 is 18.7 Å². The third kappa shape index (κ3) is 5.59. The molecular formula is C23H22N2O4. The highest BCUT2D eigenvalue weighted by atomic mass is 16.5.